The average molecular weight is 409 g/mol. The van der Waals surface area contributed by atoms with Gasteiger partial charge in [-0.25, -0.2) is 5.43 Å². The normalized spacial score (nSPS) is 10.6. The first-order valence-electron chi connectivity index (χ1n) is 7.16. The van der Waals surface area contributed by atoms with Crippen molar-refractivity contribution in [2.75, 3.05) is 5.32 Å². The van der Waals surface area contributed by atoms with Gasteiger partial charge in [0.05, 0.1) is 6.21 Å². The molecule has 0 fully saturated rings. The van der Waals surface area contributed by atoms with Crippen LogP contribution >= 0.6 is 27.5 Å². The SMILES string of the molecule is O=C(CCC(=O)Nc1cccc(Cl)c1)NN=Cc1ccc(Br)cc1. The second-order valence-electron chi connectivity index (χ2n) is 4.90. The lowest BCUT2D eigenvalue weighted by molar-refractivity contribution is -0.124. The number of hydrazone groups is 1. The minimum atomic E-state index is -0.329. The number of amides is 2. The maximum Gasteiger partial charge on any atom is 0.240 e. The fraction of sp³-hybridized carbons (Fsp3) is 0.118. The number of hydrogen-bond acceptors (Lipinski definition) is 3. The van der Waals surface area contributed by atoms with Crippen LogP contribution in [0.25, 0.3) is 0 Å². The van der Waals surface area contributed by atoms with Crippen LogP contribution in [0, 0.1) is 0 Å². The molecule has 0 radical (unpaired) electrons. The zero-order chi connectivity index (χ0) is 17.4. The lowest BCUT2D eigenvalue weighted by Gasteiger charge is -2.05. The van der Waals surface area contributed by atoms with Crippen LogP contribution in [0.3, 0.4) is 0 Å². The number of hydrogen-bond donors (Lipinski definition) is 2. The molecule has 0 saturated heterocycles. The molecule has 0 spiro atoms. The van der Waals surface area contributed by atoms with Crippen molar-refractivity contribution in [2.45, 2.75) is 12.8 Å². The van der Waals surface area contributed by atoms with Gasteiger partial charge in [0.1, 0.15) is 0 Å². The second kappa shape index (κ2) is 9.20. The van der Waals surface area contributed by atoms with Crippen molar-refractivity contribution in [3.8, 4) is 0 Å². The number of anilines is 1. The third-order valence-corrected chi connectivity index (χ3v) is 3.72. The minimum absolute atomic E-state index is 0.0457. The summed E-state index contributed by atoms with van der Waals surface area (Å²) in [6.45, 7) is 0. The Balaban J connectivity index is 1.72. The van der Waals surface area contributed by atoms with Gasteiger partial charge in [-0.05, 0) is 35.9 Å². The van der Waals surface area contributed by atoms with Crippen molar-refractivity contribution < 1.29 is 9.59 Å². The van der Waals surface area contributed by atoms with E-state index in [-0.39, 0.29) is 24.7 Å². The van der Waals surface area contributed by atoms with E-state index in [1.165, 1.54) is 6.21 Å². The van der Waals surface area contributed by atoms with Crippen molar-refractivity contribution in [3.05, 3.63) is 63.6 Å². The Bertz CT molecular complexity index is 748. The van der Waals surface area contributed by atoms with E-state index in [1.807, 2.05) is 24.3 Å². The summed E-state index contributed by atoms with van der Waals surface area (Å²) in [4.78, 5) is 23.4. The van der Waals surface area contributed by atoms with Crippen molar-refractivity contribution in [2.24, 2.45) is 5.10 Å². The third-order valence-electron chi connectivity index (χ3n) is 2.96. The lowest BCUT2D eigenvalue weighted by atomic mass is 10.2. The first kappa shape index (κ1) is 18.2. The molecule has 0 atom stereocenters. The van der Waals surface area contributed by atoms with Crippen LogP contribution < -0.4 is 10.7 Å². The molecule has 2 aromatic carbocycles. The van der Waals surface area contributed by atoms with Crippen molar-refractivity contribution in [1.29, 1.82) is 0 Å². The summed E-state index contributed by atoms with van der Waals surface area (Å²) in [5, 5.41) is 7.07. The number of carbonyl (C=O) groups is 2. The van der Waals surface area contributed by atoms with E-state index in [0.29, 0.717) is 10.7 Å². The van der Waals surface area contributed by atoms with Gasteiger partial charge in [-0.3, -0.25) is 9.59 Å². The standard InChI is InChI=1S/C17H15BrClN3O2/c18-13-6-4-12(5-7-13)11-20-22-17(24)9-8-16(23)21-15-3-1-2-14(19)10-15/h1-7,10-11H,8-9H2,(H,21,23)(H,22,24). The van der Waals surface area contributed by atoms with Crippen LogP contribution in [-0.4, -0.2) is 18.0 Å². The molecule has 0 aromatic heterocycles. The number of halogens is 2. The third kappa shape index (κ3) is 6.52. The van der Waals surface area contributed by atoms with Gasteiger partial charge in [-0.1, -0.05) is 45.7 Å². The van der Waals surface area contributed by atoms with E-state index in [1.54, 1.807) is 24.3 Å². The van der Waals surface area contributed by atoms with Gasteiger partial charge in [0, 0.05) is 28.0 Å². The number of rotatable bonds is 6. The Morgan fingerprint density at radius 2 is 1.79 bits per heavy atom. The fourth-order valence-corrected chi connectivity index (χ4v) is 2.25. The summed E-state index contributed by atoms with van der Waals surface area (Å²) in [5.41, 5.74) is 3.85. The molecule has 24 heavy (non-hydrogen) atoms. The molecule has 0 heterocycles. The van der Waals surface area contributed by atoms with E-state index in [2.05, 4.69) is 31.8 Å². The van der Waals surface area contributed by atoms with Crippen LogP contribution in [0.15, 0.2) is 58.1 Å². The Morgan fingerprint density at radius 1 is 1.08 bits per heavy atom. The van der Waals surface area contributed by atoms with Crippen LogP contribution in [0.2, 0.25) is 5.02 Å². The zero-order valence-electron chi connectivity index (χ0n) is 12.6. The molecule has 2 aromatic rings. The van der Waals surface area contributed by atoms with Crippen LogP contribution in [0.4, 0.5) is 5.69 Å². The molecule has 0 aliphatic carbocycles. The molecule has 7 heteroatoms. The summed E-state index contributed by atoms with van der Waals surface area (Å²) in [5.74, 6) is -0.589. The fourth-order valence-electron chi connectivity index (χ4n) is 1.80. The van der Waals surface area contributed by atoms with Gasteiger partial charge < -0.3 is 5.32 Å². The Labute approximate surface area is 153 Å². The summed E-state index contributed by atoms with van der Waals surface area (Å²) in [7, 11) is 0. The quantitative estimate of drug-likeness (QED) is 0.561. The second-order valence-corrected chi connectivity index (χ2v) is 6.26. The minimum Gasteiger partial charge on any atom is -0.326 e. The van der Waals surface area contributed by atoms with E-state index in [0.717, 1.165) is 10.0 Å². The molecule has 2 N–H and O–H groups in total. The molecule has 0 aliphatic heterocycles. The predicted molar refractivity (Wildman–Crippen MR) is 99.2 cm³/mol. The van der Waals surface area contributed by atoms with Gasteiger partial charge in [-0.15, -0.1) is 0 Å². The van der Waals surface area contributed by atoms with E-state index < -0.39 is 0 Å². The highest BCUT2D eigenvalue weighted by molar-refractivity contribution is 9.10. The van der Waals surface area contributed by atoms with Crippen molar-refractivity contribution in [3.63, 3.8) is 0 Å². The summed E-state index contributed by atoms with van der Waals surface area (Å²) in [6.07, 6.45) is 1.65. The molecular formula is C17H15BrClN3O2. The highest BCUT2D eigenvalue weighted by Crippen LogP contribution is 2.15. The highest BCUT2D eigenvalue weighted by Gasteiger charge is 2.07. The van der Waals surface area contributed by atoms with E-state index >= 15 is 0 Å². The zero-order valence-corrected chi connectivity index (χ0v) is 15.0. The maximum atomic E-state index is 11.8. The molecule has 5 nitrogen and oxygen atoms in total. The number of carbonyl (C=O) groups excluding carboxylic acids is 2. The van der Waals surface area contributed by atoms with Gasteiger partial charge >= 0.3 is 0 Å². The summed E-state index contributed by atoms with van der Waals surface area (Å²) in [6, 6.07) is 14.3. The molecule has 0 saturated carbocycles. The van der Waals surface area contributed by atoms with Crippen LogP contribution in [0.1, 0.15) is 18.4 Å². The molecule has 0 bridgehead atoms. The molecule has 124 valence electrons. The van der Waals surface area contributed by atoms with Crippen LogP contribution in [0.5, 0.6) is 0 Å². The van der Waals surface area contributed by atoms with Crippen molar-refractivity contribution >= 4 is 51.2 Å². The van der Waals surface area contributed by atoms with E-state index in [9.17, 15) is 9.59 Å². The van der Waals surface area contributed by atoms with Gasteiger partial charge in [0.25, 0.3) is 0 Å². The van der Waals surface area contributed by atoms with Gasteiger partial charge in [0.2, 0.25) is 11.8 Å². The Morgan fingerprint density at radius 3 is 2.50 bits per heavy atom. The smallest absolute Gasteiger partial charge is 0.240 e. The Kier molecular flexibility index (Phi) is 6.96. The Hall–Kier alpha value is -2.18. The number of benzene rings is 2. The van der Waals surface area contributed by atoms with Gasteiger partial charge in [-0.2, -0.15) is 5.10 Å². The average Bonchev–Trinajstić information content (AvgIpc) is 2.55. The topological polar surface area (TPSA) is 70.6 Å². The van der Waals surface area contributed by atoms with Crippen LogP contribution in [-0.2, 0) is 9.59 Å². The molecule has 2 amide bonds. The van der Waals surface area contributed by atoms with Crippen molar-refractivity contribution in [1.82, 2.24) is 5.43 Å². The number of nitrogens with one attached hydrogen (secondary N) is 2. The largest absolute Gasteiger partial charge is 0.326 e. The predicted octanol–water partition coefficient (Wildman–Crippen LogP) is 3.97. The molecule has 0 unspecified atom stereocenters. The summed E-state index contributed by atoms with van der Waals surface area (Å²) < 4.78 is 0.967. The number of nitrogens with zero attached hydrogens (tertiary/aromatic N) is 1. The van der Waals surface area contributed by atoms with E-state index in [4.69, 9.17) is 11.6 Å². The molecule has 0 aliphatic rings. The summed E-state index contributed by atoms with van der Waals surface area (Å²) >= 11 is 9.18. The van der Waals surface area contributed by atoms with Gasteiger partial charge in [0.15, 0.2) is 0 Å². The maximum absolute atomic E-state index is 11.8. The molecule has 2 rings (SSSR count). The monoisotopic (exact) mass is 407 g/mol. The molecular weight excluding hydrogens is 394 g/mol. The first-order valence-corrected chi connectivity index (χ1v) is 8.33. The first-order chi connectivity index (χ1) is 11.5. The lowest BCUT2D eigenvalue weighted by Crippen LogP contribution is -2.20. The highest BCUT2D eigenvalue weighted by atomic mass is 79.9.